The molecule has 2 N–H and O–H groups in total. The predicted molar refractivity (Wildman–Crippen MR) is 52.8 cm³/mol. The number of halogens is 1. The van der Waals surface area contributed by atoms with Crippen LogP contribution in [0.3, 0.4) is 0 Å². The maximum absolute atomic E-state index is 7.49. The first kappa shape index (κ1) is 7.09. The zero-order valence-corrected chi connectivity index (χ0v) is 7.97. The number of hydrogen-bond acceptors (Lipinski definition) is 1. The van der Waals surface area contributed by atoms with Crippen molar-refractivity contribution in [2.24, 2.45) is 0 Å². The summed E-state index contributed by atoms with van der Waals surface area (Å²) >= 11 is 2.28. The van der Waals surface area contributed by atoms with Gasteiger partial charge in [-0.25, -0.2) is 0 Å². The standard InChI is InChI=1S/C8H7IN2/c9-6-1-2-7-5(3-6)4-11-8(7)10/h1-3H,4H2,(H2,10,11). The van der Waals surface area contributed by atoms with Crippen molar-refractivity contribution in [3.63, 3.8) is 0 Å². The molecule has 0 unspecified atom stereocenters. The Bertz CT molecular complexity index is 320. The lowest BCUT2D eigenvalue weighted by Crippen LogP contribution is -2.12. The molecule has 0 amide bonds. The number of fused-ring (bicyclic) bond motifs is 1. The SMILES string of the molecule is N=C1NCc2cc(I)ccc21. The molecule has 0 radical (unpaired) electrons. The topological polar surface area (TPSA) is 35.9 Å². The molecule has 11 heavy (non-hydrogen) atoms. The molecule has 1 heterocycles. The van der Waals surface area contributed by atoms with Gasteiger partial charge in [-0.3, -0.25) is 5.41 Å². The van der Waals surface area contributed by atoms with Crippen LogP contribution < -0.4 is 5.32 Å². The molecule has 2 rings (SSSR count). The fourth-order valence-corrected chi connectivity index (χ4v) is 1.79. The summed E-state index contributed by atoms with van der Waals surface area (Å²) in [6.07, 6.45) is 0. The molecule has 3 heteroatoms. The average Bonchev–Trinajstić information content (AvgIpc) is 2.32. The van der Waals surface area contributed by atoms with Crippen LogP contribution in [0.4, 0.5) is 0 Å². The van der Waals surface area contributed by atoms with Crippen molar-refractivity contribution in [1.82, 2.24) is 5.32 Å². The van der Waals surface area contributed by atoms with Crippen LogP contribution in [0.15, 0.2) is 18.2 Å². The van der Waals surface area contributed by atoms with Crippen molar-refractivity contribution >= 4 is 28.4 Å². The normalized spacial score (nSPS) is 14.5. The lowest BCUT2D eigenvalue weighted by atomic mass is 10.1. The van der Waals surface area contributed by atoms with Gasteiger partial charge in [-0.15, -0.1) is 0 Å². The molecule has 0 saturated carbocycles. The van der Waals surface area contributed by atoms with Gasteiger partial charge in [0.05, 0.1) is 0 Å². The highest BCUT2D eigenvalue weighted by molar-refractivity contribution is 14.1. The molecule has 0 aromatic heterocycles. The first-order valence-corrected chi connectivity index (χ1v) is 4.46. The van der Waals surface area contributed by atoms with E-state index < -0.39 is 0 Å². The minimum atomic E-state index is 0.552. The highest BCUT2D eigenvalue weighted by Crippen LogP contribution is 2.17. The second kappa shape index (κ2) is 2.48. The molecule has 0 fully saturated rings. The van der Waals surface area contributed by atoms with E-state index in [1.54, 1.807) is 0 Å². The number of hydrogen-bond donors (Lipinski definition) is 2. The molecule has 0 atom stereocenters. The highest BCUT2D eigenvalue weighted by Gasteiger charge is 2.14. The second-order valence-corrected chi connectivity index (χ2v) is 3.78. The quantitative estimate of drug-likeness (QED) is 0.683. The van der Waals surface area contributed by atoms with Crippen LogP contribution in [0.2, 0.25) is 0 Å². The Balaban J connectivity index is 2.59. The fourth-order valence-electron chi connectivity index (χ4n) is 1.23. The van der Waals surface area contributed by atoms with E-state index in [4.69, 9.17) is 5.41 Å². The Morgan fingerprint density at radius 2 is 2.27 bits per heavy atom. The van der Waals surface area contributed by atoms with Crippen LogP contribution in [-0.2, 0) is 6.54 Å². The minimum Gasteiger partial charge on any atom is -0.366 e. The van der Waals surface area contributed by atoms with Gasteiger partial charge in [-0.05, 0) is 46.4 Å². The zero-order valence-electron chi connectivity index (χ0n) is 5.82. The molecule has 56 valence electrons. The Morgan fingerprint density at radius 1 is 1.45 bits per heavy atom. The Hall–Kier alpha value is -0.580. The number of nitrogens with one attached hydrogen (secondary N) is 2. The largest absolute Gasteiger partial charge is 0.366 e. The average molecular weight is 258 g/mol. The summed E-state index contributed by atoms with van der Waals surface area (Å²) in [5.74, 6) is 0.552. The smallest absolute Gasteiger partial charge is 0.126 e. The van der Waals surface area contributed by atoms with E-state index >= 15 is 0 Å². The Kier molecular flexibility index (Phi) is 1.60. The van der Waals surface area contributed by atoms with Gasteiger partial charge in [0.1, 0.15) is 5.84 Å². The number of amidine groups is 1. The van der Waals surface area contributed by atoms with E-state index in [9.17, 15) is 0 Å². The van der Waals surface area contributed by atoms with Crippen LogP contribution in [0.25, 0.3) is 0 Å². The molecule has 1 aliphatic heterocycles. The lowest BCUT2D eigenvalue weighted by Gasteiger charge is -1.95. The molecule has 0 spiro atoms. The van der Waals surface area contributed by atoms with Gasteiger partial charge in [0.15, 0.2) is 0 Å². The first-order chi connectivity index (χ1) is 5.27. The Labute approximate surface area is 78.7 Å². The zero-order chi connectivity index (χ0) is 7.84. The summed E-state index contributed by atoms with van der Waals surface area (Å²) in [5, 5.41) is 10.5. The van der Waals surface area contributed by atoms with Crippen LogP contribution in [-0.4, -0.2) is 5.84 Å². The maximum atomic E-state index is 7.49. The third-order valence-electron chi connectivity index (χ3n) is 1.79. The predicted octanol–water partition coefficient (Wildman–Crippen LogP) is 1.72. The Morgan fingerprint density at radius 3 is 3.09 bits per heavy atom. The van der Waals surface area contributed by atoms with Gasteiger partial charge < -0.3 is 5.32 Å². The molecule has 1 aromatic carbocycles. The molecule has 0 aliphatic carbocycles. The third-order valence-corrected chi connectivity index (χ3v) is 2.46. The van der Waals surface area contributed by atoms with E-state index in [-0.39, 0.29) is 0 Å². The van der Waals surface area contributed by atoms with Gasteiger partial charge in [0.25, 0.3) is 0 Å². The van der Waals surface area contributed by atoms with Crippen LogP contribution in [0.5, 0.6) is 0 Å². The second-order valence-electron chi connectivity index (χ2n) is 2.53. The van der Waals surface area contributed by atoms with Gasteiger partial charge >= 0.3 is 0 Å². The van der Waals surface area contributed by atoms with Crippen LogP contribution >= 0.6 is 22.6 Å². The van der Waals surface area contributed by atoms with Gasteiger partial charge in [0, 0.05) is 15.7 Å². The molecule has 1 aromatic rings. The van der Waals surface area contributed by atoms with Gasteiger partial charge in [-0.2, -0.15) is 0 Å². The van der Waals surface area contributed by atoms with E-state index in [0.717, 1.165) is 12.1 Å². The van der Waals surface area contributed by atoms with E-state index in [0.29, 0.717) is 5.84 Å². The van der Waals surface area contributed by atoms with Crippen molar-refractivity contribution in [1.29, 1.82) is 5.41 Å². The third kappa shape index (κ3) is 1.13. The van der Waals surface area contributed by atoms with Gasteiger partial charge in [0.2, 0.25) is 0 Å². The van der Waals surface area contributed by atoms with Crippen molar-refractivity contribution in [2.75, 3.05) is 0 Å². The monoisotopic (exact) mass is 258 g/mol. The molecular weight excluding hydrogens is 251 g/mol. The summed E-state index contributed by atoms with van der Waals surface area (Å²) in [6, 6.07) is 6.14. The molecule has 0 bridgehead atoms. The number of rotatable bonds is 0. The van der Waals surface area contributed by atoms with Gasteiger partial charge in [-0.1, -0.05) is 0 Å². The first-order valence-electron chi connectivity index (χ1n) is 3.38. The van der Waals surface area contributed by atoms with E-state index in [1.165, 1.54) is 9.13 Å². The van der Waals surface area contributed by atoms with E-state index in [1.807, 2.05) is 12.1 Å². The summed E-state index contributed by atoms with van der Waals surface area (Å²) in [4.78, 5) is 0. The maximum Gasteiger partial charge on any atom is 0.126 e. The highest BCUT2D eigenvalue weighted by atomic mass is 127. The minimum absolute atomic E-state index is 0.552. The molecule has 2 nitrogen and oxygen atoms in total. The van der Waals surface area contributed by atoms with Crippen molar-refractivity contribution in [3.8, 4) is 0 Å². The summed E-state index contributed by atoms with van der Waals surface area (Å²) in [6.45, 7) is 0.811. The molecule has 1 aliphatic rings. The van der Waals surface area contributed by atoms with Crippen molar-refractivity contribution < 1.29 is 0 Å². The van der Waals surface area contributed by atoms with Crippen LogP contribution in [0.1, 0.15) is 11.1 Å². The number of benzene rings is 1. The molecule has 0 saturated heterocycles. The molecular formula is C8H7IN2. The summed E-state index contributed by atoms with van der Waals surface area (Å²) in [5.41, 5.74) is 2.28. The summed E-state index contributed by atoms with van der Waals surface area (Å²) in [7, 11) is 0. The van der Waals surface area contributed by atoms with Crippen molar-refractivity contribution in [2.45, 2.75) is 6.54 Å². The van der Waals surface area contributed by atoms with Crippen LogP contribution in [0, 0.1) is 8.98 Å². The fraction of sp³-hybridized carbons (Fsp3) is 0.125. The lowest BCUT2D eigenvalue weighted by molar-refractivity contribution is 0.956. The summed E-state index contributed by atoms with van der Waals surface area (Å²) < 4.78 is 1.23. The van der Waals surface area contributed by atoms with Crippen molar-refractivity contribution in [3.05, 3.63) is 32.9 Å². The van der Waals surface area contributed by atoms with E-state index in [2.05, 4.69) is 34.0 Å².